The Morgan fingerprint density at radius 2 is 2.06 bits per heavy atom. The molecular weight excluding hydrogens is 232 g/mol. The molecule has 1 N–H and O–H groups in total. The maximum atomic E-state index is 12.1. The summed E-state index contributed by atoms with van der Waals surface area (Å²) in [6, 6.07) is 5.20. The van der Waals surface area contributed by atoms with Gasteiger partial charge >= 0.3 is 0 Å². The van der Waals surface area contributed by atoms with E-state index in [1.807, 2.05) is 6.92 Å². The normalized spacial score (nSPS) is 15.9. The molecule has 0 radical (unpaired) electrons. The van der Waals surface area contributed by atoms with Gasteiger partial charge in [0.2, 0.25) is 0 Å². The van der Waals surface area contributed by atoms with Crippen molar-refractivity contribution < 1.29 is 19.4 Å². The van der Waals surface area contributed by atoms with Gasteiger partial charge in [-0.25, -0.2) is 0 Å². The lowest BCUT2D eigenvalue weighted by Gasteiger charge is -2.12. The number of carbonyl (C=O) groups is 1. The van der Waals surface area contributed by atoms with Gasteiger partial charge in [-0.1, -0.05) is 6.92 Å². The van der Waals surface area contributed by atoms with Crippen LogP contribution in [0, 0.1) is 5.92 Å². The SMILES string of the molecule is CCC(CO)C(=O)c1ccc2c(c1)OCCCO2. The Hall–Kier alpha value is -1.55. The summed E-state index contributed by atoms with van der Waals surface area (Å²) in [6.45, 7) is 3.00. The average molecular weight is 250 g/mol. The number of fused-ring (bicyclic) bond motifs is 1. The predicted molar refractivity (Wildman–Crippen MR) is 67.2 cm³/mol. The summed E-state index contributed by atoms with van der Waals surface area (Å²) >= 11 is 0. The van der Waals surface area contributed by atoms with Crippen LogP contribution in [0.25, 0.3) is 0 Å². The third kappa shape index (κ3) is 2.64. The molecule has 1 unspecified atom stereocenters. The second kappa shape index (κ2) is 5.87. The highest BCUT2D eigenvalue weighted by molar-refractivity contribution is 5.98. The van der Waals surface area contributed by atoms with Crippen LogP contribution in [-0.2, 0) is 0 Å². The van der Waals surface area contributed by atoms with E-state index in [2.05, 4.69) is 0 Å². The van der Waals surface area contributed by atoms with E-state index in [0.29, 0.717) is 36.7 Å². The molecule has 0 amide bonds. The van der Waals surface area contributed by atoms with Crippen molar-refractivity contribution in [2.45, 2.75) is 19.8 Å². The first-order chi connectivity index (χ1) is 8.76. The van der Waals surface area contributed by atoms with Gasteiger partial charge in [-0.3, -0.25) is 4.79 Å². The van der Waals surface area contributed by atoms with E-state index in [0.717, 1.165) is 6.42 Å². The minimum Gasteiger partial charge on any atom is -0.490 e. The summed E-state index contributed by atoms with van der Waals surface area (Å²) in [7, 11) is 0. The van der Waals surface area contributed by atoms with Crippen LogP contribution in [-0.4, -0.2) is 30.7 Å². The standard InChI is InChI=1S/C14H18O4/c1-2-10(9-15)14(16)11-4-5-12-13(8-11)18-7-3-6-17-12/h4-5,8,10,15H,2-3,6-7,9H2,1H3. The Balaban J connectivity index is 2.24. The molecule has 1 aromatic carbocycles. The van der Waals surface area contributed by atoms with E-state index >= 15 is 0 Å². The second-order valence-corrected chi connectivity index (χ2v) is 4.36. The lowest BCUT2D eigenvalue weighted by Crippen LogP contribution is -2.17. The molecule has 1 aliphatic heterocycles. The van der Waals surface area contributed by atoms with E-state index in [1.54, 1.807) is 18.2 Å². The number of benzene rings is 1. The summed E-state index contributed by atoms with van der Waals surface area (Å²) in [4.78, 5) is 12.1. The van der Waals surface area contributed by atoms with Crippen LogP contribution in [0.5, 0.6) is 11.5 Å². The summed E-state index contributed by atoms with van der Waals surface area (Å²) in [5, 5.41) is 9.16. The summed E-state index contributed by atoms with van der Waals surface area (Å²) in [5.41, 5.74) is 0.570. The minimum absolute atomic E-state index is 0.0457. The van der Waals surface area contributed by atoms with Crippen LogP contribution in [0.4, 0.5) is 0 Å². The smallest absolute Gasteiger partial charge is 0.168 e. The highest BCUT2D eigenvalue weighted by Crippen LogP contribution is 2.31. The number of ether oxygens (including phenoxy) is 2. The maximum Gasteiger partial charge on any atom is 0.168 e. The molecule has 98 valence electrons. The molecule has 0 saturated heterocycles. The first-order valence-electron chi connectivity index (χ1n) is 6.31. The van der Waals surface area contributed by atoms with E-state index in [-0.39, 0.29) is 18.3 Å². The Bertz CT molecular complexity index is 424. The molecule has 0 fully saturated rings. The fraction of sp³-hybridized carbons (Fsp3) is 0.500. The van der Waals surface area contributed by atoms with Crippen molar-refractivity contribution in [2.24, 2.45) is 5.92 Å². The first kappa shape index (κ1) is 12.9. The van der Waals surface area contributed by atoms with E-state index in [9.17, 15) is 4.79 Å². The van der Waals surface area contributed by atoms with Gasteiger partial charge in [0, 0.05) is 17.9 Å². The third-order valence-electron chi connectivity index (χ3n) is 3.12. The van der Waals surface area contributed by atoms with Crippen LogP contribution < -0.4 is 9.47 Å². The molecule has 0 spiro atoms. The molecule has 0 bridgehead atoms. The van der Waals surface area contributed by atoms with Gasteiger partial charge in [-0.2, -0.15) is 0 Å². The van der Waals surface area contributed by atoms with Crippen molar-refractivity contribution in [3.05, 3.63) is 23.8 Å². The lowest BCUT2D eigenvalue weighted by atomic mass is 9.96. The maximum absolute atomic E-state index is 12.1. The quantitative estimate of drug-likeness (QED) is 0.831. The number of carbonyl (C=O) groups excluding carboxylic acids is 1. The zero-order valence-electron chi connectivity index (χ0n) is 10.5. The summed E-state index contributed by atoms with van der Waals surface area (Å²) in [6.07, 6.45) is 1.47. The third-order valence-corrected chi connectivity index (χ3v) is 3.12. The van der Waals surface area contributed by atoms with Crippen molar-refractivity contribution in [3.63, 3.8) is 0 Å². The zero-order chi connectivity index (χ0) is 13.0. The Morgan fingerprint density at radius 3 is 2.72 bits per heavy atom. The fourth-order valence-corrected chi connectivity index (χ4v) is 1.95. The molecule has 4 nitrogen and oxygen atoms in total. The zero-order valence-corrected chi connectivity index (χ0v) is 10.5. The van der Waals surface area contributed by atoms with Gasteiger partial charge in [0.1, 0.15) is 0 Å². The van der Waals surface area contributed by atoms with E-state index in [4.69, 9.17) is 14.6 Å². The molecule has 18 heavy (non-hydrogen) atoms. The van der Waals surface area contributed by atoms with E-state index in [1.165, 1.54) is 0 Å². The number of Topliss-reactive ketones (excluding diaryl/α,β-unsaturated/α-hetero) is 1. The van der Waals surface area contributed by atoms with Crippen molar-refractivity contribution in [1.82, 2.24) is 0 Å². The van der Waals surface area contributed by atoms with Crippen LogP contribution in [0.3, 0.4) is 0 Å². The van der Waals surface area contributed by atoms with Crippen molar-refractivity contribution in [2.75, 3.05) is 19.8 Å². The molecular formula is C14H18O4. The number of hydrogen-bond acceptors (Lipinski definition) is 4. The lowest BCUT2D eigenvalue weighted by molar-refractivity contribution is 0.0856. The molecule has 1 atom stereocenters. The number of aliphatic hydroxyl groups excluding tert-OH is 1. The van der Waals surface area contributed by atoms with Gasteiger partial charge in [0.15, 0.2) is 17.3 Å². The number of aliphatic hydroxyl groups is 1. The predicted octanol–water partition coefficient (Wildman–Crippen LogP) is 2.05. The Morgan fingerprint density at radius 1 is 1.33 bits per heavy atom. The van der Waals surface area contributed by atoms with Gasteiger partial charge in [0.25, 0.3) is 0 Å². The van der Waals surface area contributed by atoms with Crippen molar-refractivity contribution in [3.8, 4) is 11.5 Å². The van der Waals surface area contributed by atoms with E-state index < -0.39 is 0 Å². The Labute approximate surface area is 107 Å². The van der Waals surface area contributed by atoms with Crippen LogP contribution in [0.1, 0.15) is 30.1 Å². The molecule has 0 aliphatic carbocycles. The molecule has 0 aromatic heterocycles. The van der Waals surface area contributed by atoms with Crippen LogP contribution in [0.15, 0.2) is 18.2 Å². The summed E-state index contributed by atoms with van der Waals surface area (Å²) < 4.78 is 11.1. The summed E-state index contributed by atoms with van der Waals surface area (Å²) in [5.74, 6) is 0.914. The van der Waals surface area contributed by atoms with Gasteiger partial charge in [0.05, 0.1) is 19.8 Å². The highest BCUT2D eigenvalue weighted by Gasteiger charge is 2.19. The van der Waals surface area contributed by atoms with Crippen LogP contribution in [0.2, 0.25) is 0 Å². The van der Waals surface area contributed by atoms with Gasteiger partial charge in [-0.15, -0.1) is 0 Å². The average Bonchev–Trinajstić information content (AvgIpc) is 2.64. The van der Waals surface area contributed by atoms with Crippen LogP contribution >= 0.6 is 0 Å². The molecule has 1 aromatic rings. The molecule has 4 heteroatoms. The largest absolute Gasteiger partial charge is 0.490 e. The first-order valence-corrected chi connectivity index (χ1v) is 6.31. The Kier molecular flexibility index (Phi) is 4.20. The van der Waals surface area contributed by atoms with Gasteiger partial charge < -0.3 is 14.6 Å². The second-order valence-electron chi connectivity index (χ2n) is 4.36. The molecule has 1 heterocycles. The molecule has 2 rings (SSSR count). The fourth-order valence-electron chi connectivity index (χ4n) is 1.95. The monoisotopic (exact) mass is 250 g/mol. The van der Waals surface area contributed by atoms with Gasteiger partial charge in [-0.05, 0) is 24.6 Å². The number of rotatable bonds is 4. The molecule has 0 saturated carbocycles. The van der Waals surface area contributed by atoms with Crippen molar-refractivity contribution >= 4 is 5.78 Å². The number of hydrogen-bond donors (Lipinski definition) is 1. The highest BCUT2D eigenvalue weighted by atomic mass is 16.5. The minimum atomic E-state index is -0.338. The topological polar surface area (TPSA) is 55.8 Å². The number of ketones is 1. The van der Waals surface area contributed by atoms with Crippen molar-refractivity contribution in [1.29, 1.82) is 0 Å². The molecule has 1 aliphatic rings.